The van der Waals surface area contributed by atoms with Crippen molar-refractivity contribution in [3.05, 3.63) is 53.3 Å². The Labute approximate surface area is 105 Å². The van der Waals surface area contributed by atoms with E-state index in [1.807, 2.05) is 30.3 Å². The summed E-state index contributed by atoms with van der Waals surface area (Å²) in [6.07, 6.45) is 0.720. The van der Waals surface area contributed by atoms with Crippen LogP contribution in [-0.2, 0) is 11.3 Å². The van der Waals surface area contributed by atoms with E-state index in [2.05, 4.69) is 10.2 Å². The quantitative estimate of drug-likeness (QED) is 0.833. The van der Waals surface area contributed by atoms with E-state index in [9.17, 15) is 4.79 Å². The fraction of sp³-hybridized carbons (Fsp3) is 0.231. The van der Waals surface area contributed by atoms with Crippen molar-refractivity contribution in [1.82, 2.24) is 15.3 Å². The smallest absolute Gasteiger partial charge is 0.281 e. The van der Waals surface area contributed by atoms with Crippen molar-refractivity contribution in [2.45, 2.75) is 6.42 Å². The maximum Gasteiger partial charge on any atom is 0.297 e. The molecule has 0 bridgehead atoms. The first-order chi connectivity index (χ1) is 8.70. The lowest BCUT2D eigenvalue weighted by atomic mass is 10.1. The highest BCUT2D eigenvalue weighted by Gasteiger charge is 2.15. The predicted octanol–water partition coefficient (Wildman–Crippen LogP) is 1.63. The number of carbonyl (C=O) groups excluding carboxylic acids is 1. The molecule has 0 atom stereocenters. The van der Waals surface area contributed by atoms with Crippen molar-refractivity contribution in [2.24, 2.45) is 0 Å². The van der Waals surface area contributed by atoms with Gasteiger partial charge < -0.3 is 0 Å². The van der Waals surface area contributed by atoms with Gasteiger partial charge in [0.1, 0.15) is 0 Å². The van der Waals surface area contributed by atoms with Crippen molar-refractivity contribution >= 4 is 5.91 Å². The Hall–Kier alpha value is -2.14. The fourth-order valence-electron chi connectivity index (χ4n) is 1.62. The number of benzene rings is 1. The molecule has 1 aromatic heterocycles. The van der Waals surface area contributed by atoms with Crippen LogP contribution in [-0.4, -0.2) is 35.3 Å². The first-order valence-corrected chi connectivity index (χ1v) is 5.61. The van der Waals surface area contributed by atoms with Gasteiger partial charge in [0.05, 0.1) is 7.11 Å². The van der Waals surface area contributed by atoms with Crippen molar-refractivity contribution in [1.29, 1.82) is 0 Å². The monoisotopic (exact) mass is 245 g/mol. The number of aromatic amines is 1. The number of H-pyrrole nitrogens is 1. The van der Waals surface area contributed by atoms with Gasteiger partial charge in [0.15, 0.2) is 5.69 Å². The molecule has 18 heavy (non-hydrogen) atoms. The molecule has 1 heterocycles. The lowest BCUT2D eigenvalue weighted by molar-refractivity contribution is -0.0760. The highest BCUT2D eigenvalue weighted by Crippen LogP contribution is 2.09. The summed E-state index contributed by atoms with van der Waals surface area (Å²) in [6.45, 7) is 0. The summed E-state index contributed by atoms with van der Waals surface area (Å²) >= 11 is 0. The molecule has 0 saturated carbocycles. The van der Waals surface area contributed by atoms with Crippen LogP contribution in [0, 0.1) is 0 Å². The number of hydrogen-bond donors (Lipinski definition) is 1. The topological polar surface area (TPSA) is 58.2 Å². The number of rotatable bonds is 4. The van der Waals surface area contributed by atoms with Crippen LogP contribution in [0.3, 0.4) is 0 Å². The molecule has 0 fully saturated rings. The molecule has 1 N–H and O–H groups in total. The van der Waals surface area contributed by atoms with Gasteiger partial charge in [-0.3, -0.25) is 14.7 Å². The number of aromatic nitrogens is 2. The zero-order chi connectivity index (χ0) is 13.0. The largest absolute Gasteiger partial charge is 0.297 e. The third-order valence-corrected chi connectivity index (χ3v) is 2.65. The van der Waals surface area contributed by atoms with Crippen molar-refractivity contribution in [3.63, 3.8) is 0 Å². The molecular formula is C13H15N3O2. The van der Waals surface area contributed by atoms with Crippen LogP contribution in [0.1, 0.15) is 21.7 Å². The van der Waals surface area contributed by atoms with Gasteiger partial charge >= 0.3 is 0 Å². The second kappa shape index (κ2) is 5.46. The van der Waals surface area contributed by atoms with Crippen LogP contribution in [0.5, 0.6) is 0 Å². The van der Waals surface area contributed by atoms with E-state index >= 15 is 0 Å². The lowest BCUT2D eigenvalue weighted by Crippen LogP contribution is -2.25. The van der Waals surface area contributed by atoms with Crippen LogP contribution < -0.4 is 0 Å². The van der Waals surface area contributed by atoms with E-state index in [4.69, 9.17) is 4.84 Å². The molecule has 0 aliphatic heterocycles. The minimum absolute atomic E-state index is 0.270. The Morgan fingerprint density at radius 2 is 2.11 bits per heavy atom. The number of nitrogens with one attached hydrogen (secondary N) is 1. The summed E-state index contributed by atoms with van der Waals surface area (Å²) in [5, 5.41) is 7.99. The number of amides is 1. The Bertz CT molecular complexity index is 522. The molecule has 0 spiro atoms. The minimum atomic E-state index is -0.270. The van der Waals surface area contributed by atoms with Crippen LogP contribution in [0.15, 0.2) is 36.4 Å². The molecular weight excluding hydrogens is 230 g/mol. The molecule has 94 valence electrons. The Morgan fingerprint density at radius 3 is 2.78 bits per heavy atom. The number of hydrogen-bond acceptors (Lipinski definition) is 3. The molecule has 0 aliphatic rings. The standard InChI is InChI=1S/C13H15N3O2/c1-16(18-2)13(17)12-9-11(14-15-12)8-10-6-4-3-5-7-10/h3-7,9H,8H2,1-2H3,(H,14,15). The van der Waals surface area contributed by atoms with Gasteiger partial charge in [-0.05, 0) is 11.6 Å². The first kappa shape index (κ1) is 12.3. The summed E-state index contributed by atoms with van der Waals surface area (Å²) in [4.78, 5) is 16.6. The highest BCUT2D eigenvalue weighted by molar-refractivity contribution is 5.91. The van der Waals surface area contributed by atoms with E-state index in [1.54, 1.807) is 13.1 Å². The van der Waals surface area contributed by atoms with Crippen LogP contribution in [0.25, 0.3) is 0 Å². The van der Waals surface area contributed by atoms with Crippen molar-refractivity contribution < 1.29 is 9.63 Å². The average Bonchev–Trinajstić information content (AvgIpc) is 2.86. The molecule has 0 saturated heterocycles. The summed E-state index contributed by atoms with van der Waals surface area (Å²) in [7, 11) is 2.99. The van der Waals surface area contributed by atoms with Gasteiger partial charge in [0.2, 0.25) is 0 Å². The van der Waals surface area contributed by atoms with E-state index in [0.717, 1.165) is 17.2 Å². The van der Waals surface area contributed by atoms with Crippen molar-refractivity contribution in [3.8, 4) is 0 Å². The second-order valence-corrected chi connectivity index (χ2v) is 3.93. The number of carbonyl (C=O) groups is 1. The number of nitrogens with zero attached hydrogens (tertiary/aromatic N) is 2. The van der Waals surface area contributed by atoms with Gasteiger partial charge in [-0.2, -0.15) is 5.10 Å². The van der Waals surface area contributed by atoms with Gasteiger partial charge in [-0.15, -0.1) is 0 Å². The van der Waals surface area contributed by atoms with Gasteiger partial charge in [-0.1, -0.05) is 30.3 Å². The Morgan fingerprint density at radius 1 is 1.39 bits per heavy atom. The van der Waals surface area contributed by atoms with Crippen LogP contribution >= 0.6 is 0 Å². The van der Waals surface area contributed by atoms with E-state index in [1.165, 1.54) is 12.7 Å². The molecule has 5 heteroatoms. The Balaban J connectivity index is 2.09. The third-order valence-electron chi connectivity index (χ3n) is 2.65. The molecule has 0 aliphatic carbocycles. The molecule has 2 rings (SSSR count). The predicted molar refractivity (Wildman–Crippen MR) is 66.9 cm³/mol. The van der Waals surface area contributed by atoms with Crippen LogP contribution in [0.2, 0.25) is 0 Å². The zero-order valence-corrected chi connectivity index (χ0v) is 10.4. The Kier molecular flexibility index (Phi) is 3.74. The van der Waals surface area contributed by atoms with E-state index in [0.29, 0.717) is 5.69 Å². The lowest BCUT2D eigenvalue weighted by Gasteiger charge is -2.10. The molecule has 0 radical (unpaired) electrons. The van der Waals surface area contributed by atoms with E-state index < -0.39 is 0 Å². The highest BCUT2D eigenvalue weighted by atomic mass is 16.7. The fourth-order valence-corrected chi connectivity index (χ4v) is 1.62. The molecule has 2 aromatic rings. The van der Waals surface area contributed by atoms with Gasteiger partial charge in [0.25, 0.3) is 5.91 Å². The first-order valence-electron chi connectivity index (χ1n) is 5.61. The molecule has 5 nitrogen and oxygen atoms in total. The summed E-state index contributed by atoms with van der Waals surface area (Å²) in [6, 6.07) is 11.7. The summed E-state index contributed by atoms with van der Waals surface area (Å²) < 4.78 is 0. The van der Waals surface area contributed by atoms with E-state index in [-0.39, 0.29) is 5.91 Å². The van der Waals surface area contributed by atoms with Gasteiger partial charge in [-0.25, -0.2) is 5.06 Å². The molecule has 1 amide bonds. The maximum absolute atomic E-state index is 11.8. The average molecular weight is 245 g/mol. The SMILES string of the molecule is CON(C)C(=O)c1cc(Cc2ccccc2)[nH]n1. The van der Waals surface area contributed by atoms with Crippen molar-refractivity contribution in [2.75, 3.05) is 14.2 Å². The minimum Gasteiger partial charge on any atom is -0.281 e. The molecule has 0 unspecified atom stereocenters. The summed E-state index contributed by atoms with van der Waals surface area (Å²) in [5.41, 5.74) is 2.42. The second-order valence-electron chi connectivity index (χ2n) is 3.93. The normalized spacial score (nSPS) is 10.3. The van der Waals surface area contributed by atoms with Gasteiger partial charge in [0, 0.05) is 19.2 Å². The maximum atomic E-state index is 11.8. The molecule has 1 aromatic carbocycles. The van der Waals surface area contributed by atoms with Crippen LogP contribution in [0.4, 0.5) is 0 Å². The third kappa shape index (κ3) is 2.75. The number of hydroxylamine groups is 2. The zero-order valence-electron chi connectivity index (χ0n) is 10.4. The summed E-state index contributed by atoms with van der Waals surface area (Å²) in [5.74, 6) is -0.270.